The normalized spacial score (nSPS) is 13.1. The van der Waals surface area contributed by atoms with Crippen molar-refractivity contribution >= 4 is 28.9 Å². The summed E-state index contributed by atoms with van der Waals surface area (Å²) in [5, 5.41) is 3.43. The number of fused-ring (bicyclic) bond motifs is 1. The number of ether oxygens (including phenoxy) is 2. The fourth-order valence-electron chi connectivity index (χ4n) is 2.46. The SMILES string of the molecule is CN(C)c1ccc(NC(=O)c2ccc3c(c2)OCCCO3)cc1Cl. The Kier molecular flexibility index (Phi) is 4.81. The molecule has 1 N–H and O–H groups in total. The molecule has 0 unspecified atom stereocenters. The van der Waals surface area contributed by atoms with Gasteiger partial charge in [-0.15, -0.1) is 0 Å². The number of benzene rings is 2. The van der Waals surface area contributed by atoms with Gasteiger partial charge in [0.25, 0.3) is 5.91 Å². The molecule has 0 saturated heterocycles. The average molecular weight is 347 g/mol. The van der Waals surface area contributed by atoms with Crippen LogP contribution in [0.3, 0.4) is 0 Å². The van der Waals surface area contributed by atoms with E-state index in [1.54, 1.807) is 24.3 Å². The maximum atomic E-state index is 12.5. The first-order valence-corrected chi connectivity index (χ1v) is 8.10. The van der Waals surface area contributed by atoms with Gasteiger partial charge < -0.3 is 19.7 Å². The molecule has 5 nitrogen and oxygen atoms in total. The van der Waals surface area contributed by atoms with Gasteiger partial charge in [0.2, 0.25) is 0 Å². The third-order valence-electron chi connectivity index (χ3n) is 3.70. The highest BCUT2D eigenvalue weighted by Gasteiger charge is 2.14. The zero-order valence-electron chi connectivity index (χ0n) is 13.6. The molecule has 0 atom stereocenters. The van der Waals surface area contributed by atoms with E-state index in [4.69, 9.17) is 21.1 Å². The van der Waals surface area contributed by atoms with Gasteiger partial charge in [-0.25, -0.2) is 0 Å². The van der Waals surface area contributed by atoms with Crippen molar-refractivity contribution in [2.45, 2.75) is 6.42 Å². The molecule has 1 heterocycles. The molecule has 3 rings (SSSR count). The summed E-state index contributed by atoms with van der Waals surface area (Å²) in [6.07, 6.45) is 0.826. The van der Waals surface area contributed by atoms with Gasteiger partial charge in [0.05, 0.1) is 23.9 Å². The van der Waals surface area contributed by atoms with E-state index in [1.165, 1.54) is 0 Å². The molecule has 0 bridgehead atoms. The van der Waals surface area contributed by atoms with E-state index in [-0.39, 0.29) is 5.91 Å². The summed E-state index contributed by atoms with van der Waals surface area (Å²) in [5.74, 6) is 1.04. The Morgan fingerprint density at radius 3 is 2.54 bits per heavy atom. The number of rotatable bonds is 3. The lowest BCUT2D eigenvalue weighted by Crippen LogP contribution is -2.13. The smallest absolute Gasteiger partial charge is 0.255 e. The van der Waals surface area contributed by atoms with Crippen LogP contribution in [-0.4, -0.2) is 33.2 Å². The lowest BCUT2D eigenvalue weighted by molar-refractivity contribution is 0.102. The maximum Gasteiger partial charge on any atom is 0.255 e. The summed E-state index contributed by atoms with van der Waals surface area (Å²) in [6, 6.07) is 10.6. The van der Waals surface area contributed by atoms with E-state index < -0.39 is 0 Å². The van der Waals surface area contributed by atoms with E-state index in [0.29, 0.717) is 41.0 Å². The van der Waals surface area contributed by atoms with Crippen LogP contribution in [0.4, 0.5) is 11.4 Å². The minimum Gasteiger partial charge on any atom is -0.490 e. The van der Waals surface area contributed by atoms with Crippen molar-refractivity contribution < 1.29 is 14.3 Å². The van der Waals surface area contributed by atoms with Crippen LogP contribution in [0.5, 0.6) is 11.5 Å². The first kappa shape index (κ1) is 16.5. The molecule has 0 aliphatic carbocycles. The molecule has 1 aliphatic heterocycles. The lowest BCUT2D eigenvalue weighted by Gasteiger charge is -2.15. The van der Waals surface area contributed by atoms with Gasteiger partial charge in [0.1, 0.15) is 0 Å². The Morgan fingerprint density at radius 1 is 1.08 bits per heavy atom. The second-order valence-corrected chi connectivity index (χ2v) is 6.13. The van der Waals surface area contributed by atoms with Crippen LogP contribution in [0.15, 0.2) is 36.4 Å². The first-order valence-electron chi connectivity index (χ1n) is 7.72. The van der Waals surface area contributed by atoms with E-state index in [1.807, 2.05) is 31.1 Å². The molecule has 1 aliphatic rings. The Bertz CT molecular complexity index is 762. The predicted molar refractivity (Wildman–Crippen MR) is 95.8 cm³/mol. The number of hydrogen-bond donors (Lipinski definition) is 1. The standard InChI is InChI=1S/C18H19ClN2O3/c1-21(2)15-6-5-13(11-14(15)19)20-18(22)12-4-7-16-17(10-12)24-9-3-8-23-16/h4-7,10-11H,3,8-9H2,1-2H3,(H,20,22). The second kappa shape index (κ2) is 7.01. The van der Waals surface area contributed by atoms with Crippen molar-refractivity contribution in [2.24, 2.45) is 0 Å². The summed E-state index contributed by atoms with van der Waals surface area (Å²) in [6.45, 7) is 1.20. The van der Waals surface area contributed by atoms with Crippen LogP contribution in [0.2, 0.25) is 5.02 Å². The van der Waals surface area contributed by atoms with Crippen molar-refractivity contribution in [1.29, 1.82) is 0 Å². The molecule has 0 aromatic heterocycles. The molecule has 0 fully saturated rings. The number of nitrogens with one attached hydrogen (secondary N) is 1. The van der Waals surface area contributed by atoms with Gasteiger partial charge in [-0.1, -0.05) is 11.6 Å². The van der Waals surface area contributed by atoms with Crippen molar-refractivity contribution in [3.05, 3.63) is 47.0 Å². The first-order chi connectivity index (χ1) is 11.5. The number of anilines is 2. The fraction of sp³-hybridized carbons (Fsp3) is 0.278. The molecule has 6 heteroatoms. The minimum atomic E-state index is -0.223. The number of amides is 1. The van der Waals surface area contributed by atoms with Crippen LogP contribution in [0, 0.1) is 0 Å². The van der Waals surface area contributed by atoms with Crippen molar-refractivity contribution in [1.82, 2.24) is 0 Å². The van der Waals surface area contributed by atoms with Crippen molar-refractivity contribution in [3.63, 3.8) is 0 Å². The third-order valence-corrected chi connectivity index (χ3v) is 4.00. The molecule has 126 valence electrons. The summed E-state index contributed by atoms with van der Waals surface area (Å²) in [4.78, 5) is 14.4. The average Bonchev–Trinajstić information content (AvgIpc) is 2.79. The highest BCUT2D eigenvalue weighted by Crippen LogP contribution is 2.31. The molecule has 1 amide bonds. The van der Waals surface area contributed by atoms with Crippen LogP contribution in [0.1, 0.15) is 16.8 Å². The Labute approximate surface area is 146 Å². The quantitative estimate of drug-likeness (QED) is 0.918. The minimum absolute atomic E-state index is 0.223. The van der Waals surface area contributed by atoms with E-state index in [0.717, 1.165) is 12.1 Å². The lowest BCUT2D eigenvalue weighted by atomic mass is 10.1. The molecular formula is C18H19ClN2O3. The molecular weight excluding hydrogens is 328 g/mol. The van der Waals surface area contributed by atoms with Gasteiger partial charge in [-0.05, 0) is 36.4 Å². The van der Waals surface area contributed by atoms with E-state index >= 15 is 0 Å². The van der Waals surface area contributed by atoms with Crippen LogP contribution in [-0.2, 0) is 0 Å². The van der Waals surface area contributed by atoms with Crippen molar-refractivity contribution in [3.8, 4) is 11.5 Å². The van der Waals surface area contributed by atoms with Gasteiger partial charge >= 0.3 is 0 Å². The predicted octanol–water partition coefficient (Wildman–Crippen LogP) is 3.82. The summed E-state index contributed by atoms with van der Waals surface area (Å²) >= 11 is 6.24. The van der Waals surface area contributed by atoms with Gasteiger partial charge in [0, 0.05) is 31.8 Å². The summed E-state index contributed by atoms with van der Waals surface area (Å²) in [7, 11) is 3.83. The Hall–Kier alpha value is -2.40. The Morgan fingerprint density at radius 2 is 1.83 bits per heavy atom. The van der Waals surface area contributed by atoms with E-state index in [9.17, 15) is 4.79 Å². The zero-order chi connectivity index (χ0) is 17.1. The molecule has 2 aromatic carbocycles. The monoisotopic (exact) mass is 346 g/mol. The number of hydrogen-bond acceptors (Lipinski definition) is 4. The van der Waals surface area contributed by atoms with Gasteiger partial charge in [0.15, 0.2) is 11.5 Å². The van der Waals surface area contributed by atoms with Gasteiger partial charge in [-0.3, -0.25) is 4.79 Å². The zero-order valence-corrected chi connectivity index (χ0v) is 14.4. The second-order valence-electron chi connectivity index (χ2n) is 5.73. The molecule has 2 aromatic rings. The highest BCUT2D eigenvalue weighted by atomic mass is 35.5. The number of carbonyl (C=O) groups is 1. The van der Waals surface area contributed by atoms with Crippen LogP contribution < -0.4 is 19.7 Å². The topological polar surface area (TPSA) is 50.8 Å². The largest absolute Gasteiger partial charge is 0.490 e. The summed E-state index contributed by atoms with van der Waals surface area (Å²) in [5.41, 5.74) is 2.04. The molecule has 24 heavy (non-hydrogen) atoms. The fourth-order valence-corrected chi connectivity index (χ4v) is 2.80. The molecule has 0 spiro atoms. The molecule has 0 radical (unpaired) electrons. The summed E-state index contributed by atoms with van der Waals surface area (Å²) < 4.78 is 11.2. The van der Waals surface area contributed by atoms with Crippen molar-refractivity contribution in [2.75, 3.05) is 37.5 Å². The number of carbonyl (C=O) groups excluding carboxylic acids is 1. The van der Waals surface area contributed by atoms with Crippen LogP contribution in [0.25, 0.3) is 0 Å². The third kappa shape index (κ3) is 3.57. The Balaban J connectivity index is 1.78. The number of halogens is 1. The maximum absolute atomic E-state index is 12.5. The van der Waals surface area contributed by atoms with E-state index in [2.05, 4.69) is 5.32 Å². The van der Waals surface area contributed by atoms with Crippen LogP contribution >= 0.6 is 11.6 Å². The highest BCUT2D eigenvalue weighted by molar-refractivity contribution is 6.33. The molecule has 0 saturated carbocycles. The van der Waals surface area contributed by atoms with Gasteiger partial charge in [-0.2, -0.15) is 0 Å². The number of nitrogens with zero attached hydrogens (tertiary/aromatic N) is 1.